The summed E-state index contributed by atoms with van der Waals surface area (Å²) in [6.07, 6.45) is 5.67. The smallest absolute Gasteiger partial charge is 0.303 e. The van der Waals surface area contributed by atoms with Gasteiger partial charge in [-0.2, -0.15) is 5.10 Å². The Morgan fingerprint density at radius 1 is 1.05 bits per heavy atom. The van der Waals surface area contributed by atoms with E-state index in [2.05, 4.69) is 16.2 Å². The van der Waals surface area contributed by atoms with Crippen molar-refractivity contribution in [1.29, 1.82) is 0 Å². The number of methoxy groups -OCH3 is 1. The quantitative estimate of drug-likeness (QED) is 0.579. The number of hydrogen-bond donors (Lipinski definition) is 1. The lowest BCUT2D eigenvalue weighted by Crippen LogP contribution is -2.27. The number of aliphatic imine (C=N–C) groups is 1. The van der Waals surface area contributed by atoms with Gasteiger partial charge in [0.05, 0.1) is 36.6 Å². The van der Waals surface area contributed by atoms with Crippen LogP contribution in [0.1, 0.15) is 43.4 Å². The highest BCUT2D eigenvalue weighted by molar-refractivity contribution is 6.33. The van der Waals surface area contributed by atoms with Crippen molar-refractivity contribution >= 4 is 34.8 Å². The number of carbonyl (C=O) groups excluding carboxylic acids is 2. The second-order valence-corrected chi connectivity index (χ2v) is 9.39. The van der Waals surface area contributed by atoms with Crippen molar-refractivity contribution in [2.45, 2.75) is 32.2 Å². The molecule has 1 aliphatic carbocycles. The van der Waals surface area contributed by atoms with Gasteiger partial charge in [-0.25, -0.2) is 10.0 Å². The highest BCUT2D eigenvalue weighted by Crippen LogP contribution is 2.41. The summed E-state index contributed by atoms with van der Waals surface area (Å²) in [5.41, 5.74) is 5.06. The highest BCUT2D eigenvalue weighted by Gasteiger charge is 2.40. The molecule has 0 fully saturated rings. The van der Waals surface area contributed by atoms with E-state index in [4.69, 9.17) is 9.84 Å². The topological polar surface area (TPSA) is 109 Å². The lowest BCUT2D eigenvalue weighted by atomic mass is 9.78. The van der Waals surface area contributed by atoms with Crippen molar-refractivity contribution in [1.82, 2.24) is 5.01 Å². The monoisotopic (exact) mass is 509 g/mol. The zero-order valence-corrected chi connectivity index (χ0v) is 21.1. The van der Waals surface area contributed by atoms with Crippen LogP contribution in [0.4, 0.5) is 0 Å². The first-order chi connectivity index (χ1) is 18.4. The molecule has 8 nitrogen and oxygen atoms in total. The Morgan fingerprint density at radius 3 is 2.47 bits per heavy atom. The SMILES string of the molecule is COc1ccc(C2CC(C3=C(c4ccccc4)C4C=C(C)C=CC4=NC3=O)=NN2C(=O)CCC(=O)O)cc1. The van der Waals surface area contributed by atoms with E-state index < -0.39 is 23.8 Å². The van der Waals surface area contributed by atoms with Crippen LogP contribution < -0.4 is 4.74 Å². The summed E-state index contributed by atoms with van der Waals surface area (Å²) in [5.74, 6) is -1.45. The Kier molecular flexibility index (Phi) is 6.87. The molecule has 2 aromatic rings. The first-order valence-electron chi connectivity index (χ1n) is 12.4. The summed E-state index contributed by atoms with van der Waals surface area (Å²) in [5, 5.41) is 15.1. The molecule has 2 atom stereocenters. The molecule has 0 bridgehead atoms. The number of aliphatic carboxylic acids is 1. The van der Waals surface area contributed by atoms with Crippen molar-refractivity contribution in [3.8, 4) is 5.75 Å². The van der Waals surface area contributed by atoms with Gasteiger partial charge in [0.15, 0.2) is 0 Å². The molecule has 2 aliphatic heterocycles. The van der Waals surface area contributed by atoms with Crippen LogP contribution in [0.15, 0.2) is 94.1 Å². The van der Waals surface area contributed by atoms with Gasteiger partial charge in [0, 0.05) is 18.8 Å². The Balaban J connectivity index is 1.62. The third-order valence-electron chi connectivity index (χ3n) is 6.88. The van der Waals surface area contributed by atoms with E-state index in [0.29, 0.717) is 29.2 Å². The van der Waals surface area contributed by atoms with Crippen LogP contribution >= 0.6 is 0 Å². The number of ether oxygens (including phenoxy) is 1. The van der Waals surface area contributed by atoms with E-state index in [-0.39, 0.29) is 18.8 Å². The zero-order chi connectivity index (χ0) is 26.8. The molecule has 0 saturated heterocycles. The van der Waals surface area contributed by atoms with E-state index in [9.17, 15) is 14.4 Å². The molecule has 2 aromatic carbocycles. The zero-order valence-electron chi connectivity index (χ0n) is 21.1. The van der Waals surface area contributed by atoms with Crippen LogP contribution in [0, 0.1) is 5.92 Å². The minimum absolute atomic E-state index is 0.199. The van der Waals surface area contributed by atoms with E-state index >= 15 is 0 Å². The van der Waals surface area contributed by atoms with Crippen molar-refractivity contribution in [2.75, 3.05) is 7.11 Å². The third kappa shape index (κ3) is 4.85. The molecule has 0 radical (unpaired) electrons. The van der Waals surface area contributed by atoms with E-state index in [1.54, 1.807) is 19.2 Å². The number of benzene rings is 2. The van der Waals surface area contributed by atoms with Gasteiger partial charge in [0.1, 0.15) is 5.75 Å². The van der Waals surface area contributed by atoms with E-state index in [1.165, 1.54) is 5.01 Å². The van der Waals surface area contributed by atoms with E-state index in [1.807, 2.05) is 61.5 Å². The first-order valence-corrected chi connectivity index (χ1v) is 12.4. The van der Waals surface area contributed by atoms with Gasteiger partial charge in [-0.15, -0.1) is 0 Å². The maximum absolute atomic E-state index is 13.5. The van der Waals surface area contributed by atoms with Gasteiger partial charge in [-0.1, -0.05) is 60.2 Å². The van der Waals surface area contributed by atoms with Crippen LogP contribution in [0.3, 0.4) is 0 Å². The fraction of sp³-hybridized carbons (Fsp3) is 0.233. The van der Waals surface area contributed by atoms with Gasteiger partial charge >= 0.3 is 5.97 Å². The molecule has 0 saturated carbocycles. The minimum Gasteiger partial charge on any atom is -0.497 e. The number of carboxylic acids is 1. The second kappa shape index (κ2) is 10.4. The number of dihydropyridines is 1. The first kappa shape index (κ1) is 25.1. The van der Waals surface area contributed by atoms with Crippen LogP contribution in [0.5, 0.6) is 5.75 Å². The predicted molar refractivity (Wildman–Crippen MR) is 144 cm³/mol. The number of fused-ring (bicyclic) bond motifs is 1. The molecule has 1 N–H and O–H groups in total. The highest BCUT2D eigenvalue weighted by atomic mass is 16.5. The number of amides is 2. The molecular formula is C30H27N3O5. The Hall–Kier alpha value is -4.59. The van der Waals surface area contributed by atoms with Crippen molar-refractivity contribution in [3.05, 3.63) is 95.1 Å². The molecule has 2 unspecified atom stereocenters. The number of carboxylic acid groups (broad SMARTS) is 1. The fourth-order valence-corrected chi connectivity index (χ4v) is 5.03. The molecule has 5 rings (SSSR count). The second-order valence-electron chi connectivity index (χ2n) is 9.39. The summed E-state index contributed by atoms with van der Waals surface area (Å²) in [6, 6.07) is 16.5. The summed E-state index contributed by atoms with van der Waals surface area (Å²) in [6.45, 7) is 2.00. The minimum atomic E-state index is -1.06. The van der Waals surface area contributed by atoms with Gasteiger partial charge in [0.2, 0.25) is 5.91 Å². The largest absolute Gasteiger partial charge is 0.497 e. The number of hydrazone groups is 1. The molecule has 0 spiro atoms. The Morgan fingerprint density at radius 2 is 1.79 bits per heavy atom. The average Bonchev–Trinajstić information content (AvgIpc) is 3.37. The van der Waals surface area contributed by atoms with Crippen molar-refractivity contribution in [3.63, 3.8) is 0 Å². The molecule has 38 heavy (non-hydrogen) atoms. The summed E-state index contributed by atoms with van der Waals surface area (Å²) in [7, 11) is 1.57. The van der Waals surface area contributed by atoms with Crippen LogP contribution in [-0.4, -0.2) is 46.4 Å². The summed E-state index contributed by atoms with van der Waals surface area (Å²) >= 11 is 0. The Bertz CT molecular complexity index is 1450. The number of nitrogens with zero attached hydrogens (tertiary/aromatic N) is 3. The molecule has 192 valence electrons. The molecule has 2 heterocycles. The lowest BCUT2D eigenvalue weighted by molar-refractivity contribution is -0.141. The van der Waals surface area contributed by atoms with Gasteiger partial charge in [-0.05, 0) is 41.8 Å². The van der Waals surface area contributed by atoms with E-state index in [0.717, 1.165) is 22.3 Å². The molecule has 8 heteroatoms. The third-order valence-corrected chi connectivity index (χ3v) is 6.88. The molecular weight excluding hydrogens is 482 g/mol. The van der Waals surface area contributed by atoms with Crippen molar-refractivity contribution in [2.24, 2.45) is 16.0 Å². The summed E-state index contributed by atoms with van der Waals surface area (Å²) in [4.78, 5) is 42.3. The fourth-order valence-electron chi connectivity index (χ4n) is 5.03. The predicted octanol–water partition coefficient (Wildman–Crippen LogP) is 4.76. The average molecular weight is 510 g/mol. The van der Waals surface area contributed by atoms with Gasteiger partial charge in [0.25, 0.3) is 5.91 Å². The van der Waals surface area contributed by atoms with Crippen molar-refractivity contribution < 1.29 is 24.2 Å². The summed E-state index contributed by atoms with van der Waals surface area (Å²) < 4.78 is 5.27. The number of carbonyl (C=O) groups is 3. The molecule has 3 aliphatic rings. The molecule has 0 aromatic heterocycles. The number of allylic oxidation sites excluding steroid dienone is 5. The van der Waals surface area contributed by atoms with Crippen LogP contribution in [0.25, 0.3) is 5.57 Å². The van der Waals surface area contributed by atoms with Gasteiger partial charge < -0.3 is 9.84 Å². The Labute approximate surface area is 220 Å². The van der Waals surface area contributed by atoms with Crippen LogP contribution in [-0.2, 0) is 14.4 Å². The lowest BCUT2D eigenvalue weighted by Gasteiger charge is -2.27. The van der Waals surface area contributed by atoms with Gasteiger partial charge in [-0.3, -0.25) is 14.4 Å². The molecule has 2 amide bonds. The van der Waals surface area contributed by atoms with Crippen LogP contribution in [0.2, 0.25) is 0 Å². The maximum Gasteiger partial charge on any atom is 0.303 e. The number of rotatable bonds is 7. The standard InChI is InChI=1S/C30H27N3O5/c1-18-8-13-23-22(16-18)28(20-6-4-3-5-7-20)29(30(37)31-23)24-17-25(19-9-11-21(38-2)12-10-19)33(32-24)26(34)14-15-27(35)36/h3-13,16,22,25H,14-15,17H2,1-2H3,(H,35,36). The normalized spacial score (nSPS) is 20.5. The number of hydrogen-bond acceptors (Lipinski definition) is 5. The maximum atomic E-state index is 13.5.